The van der Waals surface area contributed by atoms with Crippen LogP contribution in [0.3, 0.4) is 0 Å². The number of nitrogens with one attached hydrogen (secondary N) is 1. The summed E-state index contributed by atoms with van der Waals surface area (Å²) in [6.45, 7) is 4.56. The highest BCUT2D eigenvalue weighted by Gasteiger charge is 2.23. The fourth-order valence-electron chi connectivity index (χ4n) is 5.12. The van der Waals surface area contributed by atoms with Crippen molar-refractivity contribution in [2.45, 2.75) is 39.6 Å². The van der Waals surface area contributed by atoms with Crippen molar-refractivity contribution < 1.29 is 43.0 Å². The number of nitrogens with zero attached hydrogens (tertiary/aromatic N) is 5. The Bertz CT molecular complexity index is 2030. The van der Waals surface area contributed by atoms with E-state index in [4.69, 9.17) is 29.4 Å². The second-order valence-corrected chi connectivity index (χ2v) is 11.8. The lowest BCUT2D eigenvalue weighted by molar-refractivity contribution is -0.384. The van der Waals surface area contributed by atoms with Crippen molar-refractivity contribution in [3.8, 4) is 11.5 Å². The van der Waals surface area contributed by atoms with Crippen LogP contribution in [0.15, 0.2) is 47.5 Å². The summed E-state index contributed by atoms with van der Waals surface area (Å²) in [5.41, 5.74) is 7.04. The maximum absolute atomic E-state index is 13.5. The van der Waals surface area contributed by atoms with Crippen LogP contribution in [-0.2, 0) is 27.3 Å². The summed E-state index contributed by atoms with van der Waals surface area (Å²) in [5, 5.41) is 19.2. The van der Waals surface area contributed by atoms with Crippen LogP contribution in [0.1, 0.15) is 50.2 Å². The minimum atomic E-state index is -0.750. The van der Waals surface area contributed by atoms with Gasteiger partial charge in [0.15, 0.2) is 16.8 Å². The number of nitrogens with two attached hydrogens (primary N) is 1. The number of benzene rings is 2. The largest absolute Gasteiger partial charge is 0.494 e. The lowest BCUT2D eigenvalue weighted by Crippen LogP contribution is -2.19. The normalized spacial score (nSPS) is 11.8. The average molecular weight is 726 g/mol. The van der Waals surface area contributed by atoms with Crippen molar-refractivity contribution in [1.29, 1.82) is 0 Å². The quantitative estimate of drug-likeness (QED) is 0.0523. The van der Waals surface area contributed by atoms with Crippen LogP contribution in [0.4, 0.5) is 11.4 Å². The number of primary amides is 1. The summed E-state index contributed by atoms with van der Waals surface area (Å²) in [5.74, 6) is -1.53. The van der Waals surface area contributed by atoms with Crippen LogP contribution in [0, 0.1) is 17.0 Å². The Hall–Kier alpha value is -5.59. The van der Waals surface area contributed by atoms with Crippen molar-refractivity contribution in [2.75, 3.05) is 46.9 Å². The average Bonchev–Trinajstić information content (AvgIpc) is 3.68. The first-order chi connectivity index (χ1) is 24.4. The highest BCUT2D eigenvalue weighted by atomic mass is 32.1. The number of anilines is 1. The third kappa shape index (κ3) is 8.96. The molecule has 0 atom stereocenters. The second-order valence-electron chi connectivity index (χ2n) is 10.8. The van der Waals surface area contributed by atoms with Crippen LogP contribution in [0.5, 0.6) is 11.5 Å². The highest BCUT2D eigenvalue weighted by Crippen LogP contribution is 2.36. The van der Waals surface area contributed by atoms with Gasteiger partial charge in [0.2, 0.25) is 5.91 Å². The van der Waals surface area contributed by atoms with E-state index in [1.165, 1.54) is 51.9 Å². The molecule has 0 aliphatic carbocycles. The molecule has 2 amide bonds. The minimum Gasteiger partial charge on any atom is -0.494 e. The molecular weight excluding hydrogens is 686 g/mol. The number of methoxy groups -OCH3 is 4. The number of aryl methyl sites for hydroxylation is 2. The summed E-state index contributed by atoms with van der Waals surface area (Å²) in [6, 6.07) is 7.24. The van der Waals surface area contributed by atoms with E-state index in [1.807, 2.05) is 6.92 Å². The number of ether oxygens (including phenoxy) is 5. The Morgan fingerprint density at radius 2 is 1.80 bits per heavy atom. The summed E-state index contributed by atoms with van der Waals surface area (Å²) < 4.78 is 30.6. The lowest BCUT2D eigenvalue weighted by Gasteiger charge is -2.15. The molecule has 3 N–H and O–H groups in total. The molecule has 0 saturated heterocycles. The number of thiazole rings is 1. The molecular formula is C33H39N7O10S. The molecule has 2 aromatic heterocycles. The zero-order chi connectivity index (χ0) is 37.2. The van der Waals surface area contributed by atoms with E-state index in [1.54, 1.807) is 40.5 Å². The molecule has 0 radical (unpaired) electrons. The fourth-order valence-corrected chi connectivity index (χ4v) is 6.22. The first-order valence-electron chi connectivity index (χ1n) is 15.6. The molecule has 0 saturated carbocycles. The van der Waals surface area contributed by atoms with E-state index in [2.05, 4.69) is 15.4 Å². The van der Waals surface area contributed by atoms with E-state index >= 15 is 0 Å². The summed E-state index contributed by atoms with van der Waals surface area (Å²) in [6.07, 6.45) is 3.33. The van der Waals surface area contributed by atoms with E-state index in [0.717, 1.165) is 6.07 Å². The van der Waals surface area contributed by atoms with Gasteiger partial charge in [0.05, 0.1) is 41.7 Å². The molecule has 17 nitrogen and oxygen atoms in total. The second kappa shape index (κ2) is 17.4. The standard InChI is InChI=1S/C33H39N7O10S/c1-7-39-23(14-19(2)37-39)31(42)36-33-38(29-25(50-13-10-27(47-4)48-5)16-20(30(34)41)18-26(29)51-33)12-9-8-11-35-28-22(40(44)45)15-21(32(43)49-6)17-24(28)46-3/h8-9,14-18,27,35H,7,10-13H2,1-6H3,(H2,34,41)/b9-8+,36-33?. The van der Waals surface area contributed by atoms with E-state index < -0.39 is 29.0 Å². The van der Waals surface area contributed by atoms with Gasteiger partial charge in [-0.2, -0.15) is 10.1 Å². The smallest absolute Gasteiger partial charge is 0.338 e. The number of allylic oxidation sites excluding steroid dienone is 1. The maximum atomic E-state index is 13.5. The summed E-state index contributed by atoms with van der Waals surface area (Å²) in [4.78, 5) is 53.8. The van der Waals surface area contributed by atoms with Gasteiger partial charge in [-0.15, -0.1) is 0 Å². The van der Waals surface area contributed by atoms with E-state index in [-0.39, 0.29) is 47.9 Å². The van der Waals surface area contributed by atoms with Gasteiger partial charge >= 0.3 is 5.97 Å². The number of esters is 1. The third-order valence-electron chi connectivity index (χ3n) is 7.55. The monoisotopic (exact) mass is 725 g/mol. The number of hydrogen-bond donors (Lipinski definition) is 2. The zero-order valence-corrected chi connectivity index (χ0v) is 29.8. The van der Waals surface area contributed by atoms with Crippen molar-refractivity contribution in [1.82, 2.24) is 14.3 Å². The molecule has 272 valence electrons. The molecule has 0 aliphatic heterocycles. The number of nitro groups is 1. The van der Waals surface area contributed by atoms with Crippen LogP contribution in [-0.4, -0.2) is 84.9 Å². The molecule has 0 fully saturated rings. The summed E-state index contributed by atoms with van der Waals surface area (Å²) >= 11 is 1.17. The van der Waals surface area contributed by atoms with Gasteiger partial charge in [0, 0.05) is 51.9 Å². The van der Waals surface area contributed by atoms with Gasteiger partial charge in [-0.05, 0) is 38.1 Å². The number of carbonyl (C=O) groups excluding carboxylic acids is 3. The number of hydrogen-bond acceptors (Lipinski definition) is 13. The fraction of sp³-hybridized carbons (Fsp3) is 0.364. The van der Waals surface area contributed by atoms with Crippen LogP contribution < -0.4 is 25.3 Å². The Balaban J connectivity index is 1.75. The summed E-state index contributed by atoms with van der Waals surface area (Å²) in [7, 11) is 5.52. The van der Waals surface area contributed by atoms with Crippen molar-refractivity contribution >= 4 is 50.7 Å². The van der Waals surface area contributed by atoms with Crippen molar-refractivity contribution in [3.63, 3.8) is 0 Å². The zero-order valence-electron chi connectivity index (χ0n) is 29.0. The third-order valence-corrected chi connectivity index (χ3v) is 8.58. The first-order valence-corrected chi connectivity index (χ1v) is 16.4. The van der Waals surface area contributed by atoms with Crippen molar-refractivity contribution in [2.24, 2.45) is 10.7 Å². The molecule has 51 heavy (non-hydrogen) atoms. The van der Waals surface area contributed by atoms with Gasteiger partial charge in [0.1, 0.15) is 22.7 Å². The molecule has 4 rings (SSSR count). The van der Waals surface area contributed by atoms with Crippen molar-refractivity contribution in [3.05, 3.63) is 79.9 Å². The molecule has 0 aliphatic rings. The van der Waals surface area contributed by atoms with Gasteiger partial charge in [-0.3, -0.25) is 24.4 Å². The molecule has 4 aromatic rings. The molecule has 2 heterocycles. The molecule has 2 aromatic carbocycles. The number of nitro benzene ring substituents is 1. The molecule has 0 spiro atoms. The predicted octanol–water partition coefficient (Wildman–Crippen LogP) is 3.83. The minimum absolute atomic E-state index is 0.0386. The molecule has 18 heteroatoms. The predicted molar refractivity (Wildman–Crippen MR) is 187 cm³/mol. The van der Waals surface area contributed by atoms with Gasteiger partial charge in [-0.25, -0.2) is 4.79 Å². The van der Waals surface area contributed by atoms with E-state index in [0.29, 0.717) is 45.1 Å². The number of aromatic nitrogens is 3. The molecule has 0 bridgehead atoms. The number of carbonyl (C=O) groups is 3. The highest BCUT2D eigenvalue weighted by molar-refractivity contribution is 7.16. The van der Waals surface area contributed by atoms with E-state index in [9.17, 15) is 24.5 Å². The number of rotatable bonds is 17. The Morgan fingerprint density at radius 3 is 2.43 bits per heavy atom. The Labute approximate surface area is 296 Å². The van der Waals surface area contributed by atoms with Crippen LogP contribution in [0.25, 0.3) is 10.2 Å². The first kappa shape index (κ1) is 38.2. The maximum Gasteiger partial charge on any atom is 0.338 e. The number of amides is 2. The van der Waals surface area contributed by atoms with Gasteiger partial charge in [0.25, 0.3) is 11.6 Å². The Kier molecular flexibility index (Phi) is 13.0. The van der Waals surface area contributed by atoms with Crippen LogP contribution >= 0.6 is 11.3 Å². The SMILES string of the molecule is CCn1nc(C)cc1C(=O)N=c1sc2cc(C(N)=O)cc(OCCC(OC)OC)c2n1C/C=C/CNc1c(OC)cc(C(=O)OC)cc1[N+](=O)[O-]. The number of fused-ring (bicyclic) bond motifs is 1. The van der Waals surface area contributed by atoms with Gasteiger partial charge < -0.3 is 39.3 Å². The molecule has 0 unspecified atom stereocenters. The van der Waals surface area contributed by atoms with Crippen LogP contribution in [0.2, 0.25) is 0 Å². The lowest BCUT2D eigenvalue weighted by atomic mass is 10.1. The van der Waals surface area contributed by atoms with Gasteiger partial charge in [-0.1, -0.05) is 23.5 Å². The Morgan fingerprint density at radius 1 is 1.08 bits per heavy atom. The topological polar surface area (TPSA) is 214 Å².